The van der Waals surface area contributed by atoms with Crippen LogP contribution in [0.1, 0.15) is 40.0 Å². The van der Waals surface area contributed by atoms with E-state index < -0.39 is 5.41 Å². The van der Waals surface area contributed by atoms with E-state index in [1.54, 1.807) is 16.7 Å². The van der Waals surface area contributed by atoms with Gasteiger partial charge in [0.25, 0.3) is 0 Å². The number of rotatable bonds is 5. The lowest BCUT2D eigenvalue weighted by Gasteiger charge is -2.35. The zero-order chi connectivity index (χ0) is 17.0. The van der Waals surface area contributed by atoms with Crippen molar-refractivity contribution in [2.75, 3.05) is 32.8 Å². The lowest BCUT2D eigenvalue weighted by Crippen LogP contribution is -2.54. The van der Waals surface area contributed by atoms with Gasteiger partial charge in [-0.1, -0.05) is 6.92 Å². The first-order valence-corrected chi connectivity index (χ1v) is 8.46. The van der Waals surface area contributed by atoms with Crippen LogP contribution in [0, 0.1) is 5.41 Å². The molecule has 1 aliphatic carbocycles. The van der Waals surface area contributed by atoms with Crippen LogP contribution in [0.3, 0.4) is 0 Å². The largest absolute Gasteiger partial charge is 0.450 e. The molecule has 2 rings (SSSR count). The van der Waals surface area contributed by atoms with Crippen LogP contribution in [0.2, 0.25) is 0 Å². The molecule has 130 valence electrons. The molecule has 2 aliphatic rings. The number of amides is 3. The van der Waals surface area contributed by atoms with Gasteiger partial charge < -0.3 is 19.9 Å². The van der Waals surface area contributed by atoms with Crippen molar-refractivity contribution in [2.24, 2.45) is 5.41 Å². The summed E-state index contributed by atoms with van der Waals surface area (Å²) in [6.45, 7) is 7.87. The number of carbonyl (C=O) groups is 3. The average molecular weight is 325 g/mol. The van der Waals surface area contributed by atoms with Crippen molar-refractivity contribution in [3.05, 3.63) is 0 Å². The van der Waals surface area contributed by atoms with Crippen molar-refractivity contribution >= 4 is 17.9 Å². The molecule has 1 saturated carbocycles. The minimum Gasteiger partial charge on any atom is -0.450 e. The van der Waals surface area contributed by atoms with Crippen molar-refractivity contribution in [3.63, 3.8) is 0 Å². The Morgan fingerprint density at radius 1 is 1.09 bits per heavy atom. The molecule has 1 unspecified atom stereocenters. The average Bonchev–Trinajstić information content (AvgIpc) is 3.36. The molecule has 0 aromatic rings. The van der Waals surface area contributed by atoms with E-state index in [9.17, 15) is 14.4 Å². The van der Waals surface area contributed by atoms with Crippen LogP contribution in [-0.4, -0.2) is 66.5 Å². The van der Waals surface area contributed by atoms with Gasteiger partial charge in [-0.25, -0.2) is 4.79 Å². The fraction of sp³-hybridized carbons (Fsp3) is 0.812. The van der Waals surface area contributed by atoms with Crippen molar-refractivity contribution in [2.45, 2.75) is 46.1 Å². The summed E-state index contributed by atoms with van der Waals surface area (Å²) in [6, 6.07) is 0.0773. The summed E-state index contributed by atoms with van der Waals surface area (Å²) in [7, 11) is 0. The Kier molecular flexibility index (Phi) is 5.49. The highest BCUT2D eigenvalue weighted by Crippen LogP contribution is 2.47. The lowest BCUT2D eigenvalue weighted by molar-refractivity contribution is -0.145. The van der Waals surface area contributed by atoms with Crippen LogP contribution in [0.5, 0.6) is 0 Å². The highest BCUT2D eigenvalue weighted by atomic mass is 16.6. The molecule has 2 fully saturated rings. The number of hydrogen-bond donors (Lipinski definition) is 1. The molecule has 1 heterocycles. The van der Waals surface area contributed by atoms with E-state index in [0.717, 1.165) is 6.42 Å². The van der Waals surface area contributed by atoms with Crippen LogP contribution >= 0.6 is 0 Å². The first-order valence-electron chi connectivity index (χ1n) is 8.46. The summed E-state index contributed by atoms with van der Waals surface area (Å²) < 4.78 is 4.97. The van der Waals surface area contributed by atoms with Crippen LogP contribution in [0.25, 0.3) is 0 Å². The van der Waals surface area contributed by atoms with Gasteiger partial charge in [-0.15, -0.1) is 0 Å². The second-order valence-corrected chi connectivity index (χ2v) is 6.34. The Labute approximate surface area is 137 Å². The number of piperazine rings is 1. The summed E-state index contributed by atoms with van der Waals surface area (Å²) in [6.07, 6.45) is 1.74. The van der Waals surface area contributed by atoms with E-state index in [1.807, 2.05) is 13.8 Å². The number of hydrogen-bond acceptors (Lipinski definition) is 4. The Balaban J connectivity index is 1.89. The molecule has 0 radical (unpaired) electrons. The molecular formula is C16H27N3O4. The standard InChI is InChI=1S/C16H27N3O4/c1-4-12(3)17-13(20)16(6-7-16)14(21)18-8-10-19(11-9-18)15(22)23-5-2/h12H,4-11H2,1-3H3,(H,17,20). The van der Waals surface area contributed by atoms with Gasteiger partial charge >= 0.3 is 6.09 Å². The van der Waals surface area contributed by atoms with E-state index in [4.69, 9.17) is 4.74 Å². The van der Waals surface area contributed by atoms with Gasteiger partial charge in [0.1, 0.15) is 5.41 Å². The Bertz CT molecular complexity index is 468. The van der Waals surface area contributed by atoms with Gasteiger partial charge in [0.2, 0.25) is 11.8 Å². The smallest absolute Gasteiger partial charge is 0.409 e. The first-order chi connectivity index (χ1) is 10.9. The third-order valence-electron chi connectivity index (χ3n) is 4.68. The zero-order valence-electron chi connectivity index (χ0n) is 14.3. The molecule has 1 atom stereocenters. The summed E-state index contributed by atoms with van der Waals surface area (Å²) in [4.78, 5) is 40.1. The molecule has 1 N–H and O–H groups in total. The van der Waals surface area contributed by atoms with Crippen LogP contribution in [0.15, 0.2) is 0 Å². The maximum absolute atomic E-state index is 12.7. The molecule has 7 nitrogen and oxygen atoms in total. The molecule has 0 aromatic heterocycles. The van der Waals surface area contributed by atoms with Crippen LogP contribution in [-0.2, 0) is 14.3 Å². The van der Waals surface area contributed by atoms with Crippen LogP contribution in [0.4, 0.5) is 4.79 Å². The molecule has 7 heteroatoms. The second-order valence-electron chi connectivity index (χ2n) is 6.34. The molecule has 0 spiro atoms. The SMILES string of the molecule is CCOC(=O)N1CCN(C(=O)C2(C(=O)NC(C)CC)CC2)CC1. The quantitative estimate of drug-likeness (QED) is 0.764. The monoisotopic (exact) mass is 325 g/mol. The summed E-state index contributed by atoms with van der Waals surface area (Å²) >= 11 is 0. The highest BCUT2D eigenvalue weighted by Gasteiger charge is 2.58. The van der Waals surface area contributed by atoms with Crippen LogP contribution < -0.4 is 5.32 Å². The van der Waals surface area contributed by atoms with Gasteiger partial charge in [0, 0.05) is 32.2 Å². The fourth-order valence-electron chi connectivity index (χ4n) is 2.74. The summed E-state index contributed by atoms with van der Waals surface area (Å²) in [5.74, 6) is -0.244. The molecular weight excluding hydrogens is 298 g/mol. The van der Waals surface area contributed by atoms with Crippen molar-refractivity contribution < 1.29 is 19.1 Å². The Hall–Kier alpha value is -1.79. The van der Waals surface area contributed by atoms with Gasteiger partial charge in [0.15, 0.2) is 0 Å². The molecule has 0 bridgehead atoms. The summed E-state index contributed by atoms with van der Waals surface area (Å²) in [5.41, 5.74) is -0.866. The number of nitrogens with zero attached hydrogens (tertiary/aromatic N) is 2. The topological polar surface area (TPSA) is 79.0 Å². The molecule has 0 aromatic carbocycles. The lowest BCUT2D eigenvalue weighted by atomic mass is 10.0. The normalized spacial score (nSPS) is 20.7. The van der Waals surface area contributed by atoms with E-state index >= 15 is 0 Å². The minimum absolute atomic E-state index is 0.0773. The predicted octanol–water partition coefficient (Wildman–Crippen LogP) is 0.982. The van der Waals surface area contributed by atoms with Crippen molar-refractivity contribution in [1.82, 2.24) is 15.1 Å². The number of nitrogens with one attached hydrogen (secondary N) is 1. The summed E-state index contributed by atoms with van der Waals surface area (Å²) in [5, 5.41) is 2.93. The van der Waals surface area contributed by atoms with Gasteiger partial charge in [-0.05, 0) is 33.1 Å². The van der Waals surface area contributed by atoms with Crippen molar-refractivity contribution in [3.8, 4) is 0 Å². The maximum Gasteiger partial charge on any atom is 0.409 e. The number of ether oxygens (including phenoxy) is 1. The zero-order valence-corrected chi connectivity index (χ0v) is 14.3. The van der Waals surface area contributed by atoms with Gasteiger partial charge in [0.05, 0.1) is 6.61 Å². The van der Waals surface area contributed by atoms with Gasteiger partial charge in [-0.3, -0.25) is 9.59 Å². The maximum atomic E-state index is 12.7. The fourth-order valence-corrected chi connectivity index (χ4v) is 2.74. The molecule has 1 saturated heterocycles. The Morgan fingerprint density at radius 3 is 2.13 bits per heavy atom. The van der Waals surface area contributed by atoms with E-state index in [1.165, 1.54) is 0 Å². The first kappa shape index (κ1) is 17.6. The van der Waals surface area contributed by atoms with Crippen molar-refractivity contribution in [1.29, 1.82) is 0 Å². The third kappa shape index (κ3) is 3.76. The molecule has 1 aliphatic heterocycles. The van der Waals surface area contributed by atoms with E-state index in [0.29, 0.717) is 45.6 Å². The van der Waals surface area contributed by atoms with E-state index in [-0.39, 0.29) is 23.9 Å². The predicted molar refractivity (Wildman–Crippen MR) is 84.7 cm³/mol. The molecule has 3 amide bonds. The third-order valence-corrected chi connectivity index (χ3v) is 4.68. The number of carbonyl (C=O) groups excluding carboxylic acids is 3. The Morgan fingerprint density at radius 2 is 1.65 bits per heavy atom. The highest BCUT2D eigenvalue weighted by molar-refractivity contribution is 6.08. The second kappa shape index (κ2) is 7.19. The minimum atomic E-state index is -0.866. The van der Waals surface area contributed by atoms with E-state index in [2.05, 4.69) is 5.32 Å². The molecule has 23 heavy (non-hydrogen) atoms. The van der Waals surface area contributed by atoms with Gasteiger partial charge in [-0.2, -0.15) is 0 Å².